The van der Waals surface area contributed by atoms with Crippen molar-refractivity contribution in [3.8, 4) is 0 Å². The summed E-state index contributed by atoms with van der Waals surface area (Å²) in [5.74, 6) is 1.09. The van der Waals surface area contributed by atoms with Gasteiger partial charge in [0.15, 0.2) is 0 Å². The predicted octanol–water partition coefficient (Wildman–Crippen LogP) is 3.22. The van der Waals surface area contributed by atoms with Crippen molar-refractivity contribution in [1.82, 2.24) is 14.9 Å². The fourth-order valence-corrected chi connectivity index (χ4v) is 2.63. The first-order valence-corrected chi connectivity index (χ1v) is 6.92. The van der Waals surface area contributed by atoms with Gasteiger partial charge in [-0.25, -0.2) is 4.98 Å². The molecule has 0 aliphatic rings. The first kappa shape index (κ1) is 13.8. The molecule has 1 unspecified atom stereocenters. The van der Waals surface area contributed by atoms with Gasteiger partial charge in [0, 0.05) is 18.9 Å². The van der Waals surface area contributed by atoms with Crippen LogP contribution in [-0.2, 0) is 6.54 Å². The van der Waals surface area contributed by atoms with E-state index in [0.717, 1.165) is 18.8 Å². The molecular weight excluding hydrogens is 234 g/mol. The molecule has 1 heterocycles. The Kier molecular flexibility index (Phi) is 4.38. The summed E-state index contributed by atoms with van der Waals surface area (Å²) >= 11 is 0. The van der Waals surface area contributed by atoms with Gasteiger partial charge in [0.05, 0.1) is 6.04 Å². The van der Waals surface area contributed by atoms with Crippen LogP contribution in [0.25, 0.3) is 0 Å². The summed E-state index contributed by atoms with van der Waals surface area (Å²) in [5, 5.41) is 3.39. The molecule has 2 aromatic rings. The van der Waals surface area contributed by atoms with E-state index in [2.05, 4.69) is 60.0 Å². The maximum atomic E-state index is 4.54. The van der Waals surface area contributed by atoms with Gasteiger partial charge in [0.2, 0.25) is 0 Å². The van der Waals surface area contributed by atoms with Crippen molar-refractivity contribution >= 4 is 0 Å². The van der Waals surface area contributed by atoms with Gasteiger partial charge >= 0.3 is 0 Å². The second kappa shape index (κ2) is 6.02. The fourth-order valence-electron chi connectivity index (χ4n) is 2.63. The van der Waals surface area contributed by atoms with E-state index in [1.807, 2.05) is 13.2 Å². The van der Waals surface area contributed by atoms with E-state index >= 15 is 0 Å². The minimum Gasteiger partial charge on any atom is -0.333 e. The van der Waals surface area contributed by atoms with Gasteiger partial charge < -0.3 is 9.88 Å². The summed E-state index contributed by atoms with van der Waals surface area (Å²) in [7, 11) is 1.99. The van der Waals surface area contributed by atoms with E-state index in [9.17, 15) is 0 Å². The van der Waals surface area contributed by atoms with Crippen molar-refractivity contribution in [2.75, 3.05) is 7.05 Å². The number of aromatic nitrogens is 2. The van der Waals surface area contributed by atoms with Gasteiger partial charge in [-0.2, -0.15) is 0 Å². The van der Waals surface area contributed by atoms with Gasteiger partial charge in [-0.15, -0.1) is 0 Å². The summed E-state index contributed by atoms with van der Waals surface area (Å²) in [6.07, 6.45) is 5.07. The summed E-state index contributed by atoms with van der Waals surface area (Å²) < 4.78 is 2.23. The molecule has 1 aromatic carbocycles. The Morgan fingerprint density at radius 2 is 1.89 bits per heavy atom. The highest BCUT2D eigenvalue weighted by Crippen LogP contribution is 2.23. The zero-order valence-corrected chi connectivity index (χ0v) is 12.3. The molecule has 0 saturated carbocycles. The lowest BCUT2D eigenvalue weighted by molar-refractivity contribution is 0.567. The van der Waals surface area contributed by atoms with Crippen LogP contribution in [0, 0.1) is 13.8 Å². The lowest BCUT2D eigenvalue weighted by atomic mass is 10.0. The Bertz CT molecular complexity index is 522. The molecule has 0 aliphatic carbocycles. The number of nitrogens with one attached hydrogen (secondary N) is 1. The predicted molar refractivity (Wildman–Crippen MR) is 79.3 cm³/mol. The number of rotatable bonds is 5. The second-order valence-electron chi connectivity index (χ2n) is 5.12. The van der Waals surface area contributed by atoms with Crippen molar-refractivity contribution in [3.63, 3.8) is 0 Å². The van der Waals surface area contributed by atoms with E-state index in [4.69, 9.17) is 0 Å². The van der Waals surface area contributed by atoms with Crippen molar-refractivity contribution in [3.05, 3.63) is 53.1 Å². The Balaban J connectivity index is 2.40. The van der Waals surface area contributed by atoms with E-state index < -0.39 is 0 Å². The molecule has 0 amide bonds. The summed E-state index contributed by atoms with van der Waals surface area (Å²) in [4.78, 5) is 4.54. The Hall–Kier alpha value is -1.61. The Morgan fingerprint density at radius 3 is 2.47 bits per heavy atom. The standard InChI is InChI=1S/C16H23N3/c1-5-7-19-8-6-18-16(19)15(17-4)14-10-12(2)9-13(3)11-14/h6,8-11,15,17H,5,7H2,1-4H3. The van der Waals surface area contributed by atoms with Crippen molar-refractivity contribution in [2.45, 2.75) is 39.8 Å². The molecule has 1 aromatic heterocycles. The highest BCUT2D eigenvalue weighted by molar-refractivity contribution is 5.33. The lowest BCUT2D eigenvalue weighted by Crippen LogP contribution is -2.22. The molecule has 19 heavy (non-hydrogen) atoms. The smallest absolute Gasteiger partial charge is 0.130 e. The largest absolute Gasteiger partial charge is 0.333 e. The van der Waals surface area contributed by atoms with E-state index in [0.29, 0.717) is 0 Å². The molecule has 0 bridgehead atoms. The SMILES string of the molecule is CCCn1ccnc1C(NC)c1cc(C)cc(C)c1. The third-order valence-electron chi connectivity index (χ3n) is 3.34. The molecule has 1 atom stereocenters. The lowest BCUT2D eigenvalue weighted by Gasteiger charge is -2.19. The molecule has 102 valence electrons. The van der Waals surface area contributed by atoms with Crippen molar-refractivity contribution in [2.24, 2.45) is 0 Å². The topological polar surface area (TPSA) is 29.9 Å². The van der Waals surface area contributed by atoms with Crippen LogP contribution in [-0.4, -0.2) is 16.6 Å². The van der Waals surface area contributed by atoms with Gasteiger partial charge in [-0.1, -0.05) is 36.2 Å². The van der Waals surface area contributed by atoms with Crippen molar-refractivity contribution in [1.29, 1.82) is 0 Å². The minimum atomic E-state index is 0.153. The normalized spacial score (nSPS) is 12.6. The maximum absolute atomic E-state index is 4.54. The van der Waals surface area contributed by atoms with Crippen molar-refractivity contribution < 1.29 is 0 Å². The molecule has 0 radical (unpaired) electrons. The van der Waals surface area contributed by atoms with Crippen LogP contribution in [0.1, 0.15) is 41.9 Å². The molecule has 0 saturated heterocycles. The molecule has 0 spiro atoms. The number of imidazole rings is 1. The van der Waals surface area contributed by atoms with Crippen LogP contribution in [0.5, 0.6) is 0 Å². The number of hydrogen-bond donors (Lipinski definition) is 1. The van der Waals surface area contributed by atoms with Crippen LogP contribution < -0.4 is 5.32 Å². The van der Waals surface area contributed by atoms with Crippen LogP contribution in [0.2, 0.25) is 0 Å². The number of hydrogen-bond acceptors (Lipinski definition) is 2. The molecular formula is C16H23N3. The fraction of sp³-hybridized carbons (Fsp3) is 0.438. The number of aryl methyl sites for hydroxylation is 3. The molecule has 1 N–H and O–H groups in total. The average Bonchev–Trinajstić information content (AvgIpc) is 2.78. The minimum absolute atomic E-state index is 0.153. The summed E-state index contributed by atoms with van der Waals surface area (Å²) in [6, 6.07) is 6.83. The van der Waals surface area contributed by atoms with Gasteiger partial charge in [0.1, 0.15) is 5.82 Å². The molecule has 0 fully saturated rings. The zero-order valence-electron chi connectivity index (χ0n) is 12.3. The molecule has 2 rings (SSSR count). The van der Waals surface area contributed by atoms with Gasteiger partial charge in [0.25, 0.3) is 0 Å². The highest BCUT2D eigenvalue weighted by Gasteiger charge is 2.17. The molecule has 3 nitrogen and oxygen atoms in total. The highest BCUT2D eigenvalue weighted by atomic mass is 15.1. The molecule has 3 heteroatoms. The summed E-state index contributed by atoms with van der Waals surface area (Å²) in [5.41, 5.74) is 3.87. The third-order valence-corrected chi connectivity index (χ3v) is 3.34. The molecule has 0 aliphatic heterocycles. The van der Waals surface area contributed by atoms with Gasteiger partial charge in [-0.05, 0) is 32.9 Å². The first-order chi connectivity index (χ1) is 9.15. The maximum Gasteiger partial charge on any atom is 0.130 e. The monoisotopic (exact) mass is 257 g/mol. The van der Waals surface area contributed by atoms with E-state index in [-0.39, 0.29) is 6.04 Å². The zero-order chi connectivity index (χ0) is 13.8. The van der Waals surface area contributed by atoms with Crippen LogP contribution in [0.4, 0.5) is 0 Å². The average molecular weight is 257 g/mol. The Labute approximate surface area is 115 Å². The quantitative estimate of drug-likeness (QED) is 0.891. The summed E-state index contributed by atoms with van der Waals surface area (Å²) in [6.45, 7) is 7.48. The van der Waals surface area contributed by atoms with Crippen LogP contribution >= 0.6 is 0 Å². The van der Waals surface area contributed by atoms with Gasteiger partial charge in [-0.3, -0.25) is 0 Å². The number of nitrogens with zero attached hydrogens (tertiary/aromatic N) is 2. The van der Waals surface area contributed by atoms with E-state index in [1.165, 1.54) is 16.7 Å². The van der Waals surface area contributed by atoms with Crippen LogP contribution in [0.3, 0.4) is 0 Å². The third kappa shape index (κ3) is 3.04. The number of benzene rings is 1. The first-order valence-electron chi connectivity index (χ1n) is 6.92. The second-order valence-corrected chi connectivity index (χ2v) is 5.12. The Morgan fingerprint density at radius 1 is 1.21 bits per heavy atom. The van der Waals surface area contributed by atoms with E-state index in [1.54, 1.807) is 0 Å². The van der Waals surface area contributed by atoms with Crippen LogP contribution in [0.15, 0.2) is 30.6 Å².